The fourth-order valence-electron chi connectivity index (χ4n) is 3.03. The Morgan fingerprint density at radius 3 is 2.41 bits per heavy atom. The number of carbonyl (C=O) groups excluding carboxylic acids is 1. The van der Waals surface area contributed by atoms with Crippen molar-refractivity contribution in [3.05, 3.63) is 89.0 Å². The van der Waals surface area contributed by atoms with Crippen LogP contribution in [-0.2, 0) is 4.79 Å². The van der Waals surface area contributed by atoms with Crippen LogP contribution in [0.3, 0.4) is 0 Å². The van der Waals surface area contributed by atoms with Crippen LogP contribution in [0.5, 0.6) is 5.75 Å². The first kappa shape index (κ1) is 21.1. The van der Waals surface area contributed by atoms with Crippen LogP contribution < -0.4 is 5.32 Å². The molecule has 0 aliphatic heterocycles. The molecule has 0 bridgehead atoms. The molecule has 0 aliphatic carbocycles. The van der Waals surface area contributed by atoms with Gasteiger partial charge in [0.2, 0.25) is 5.91 Å². The van der Waals surface area contributed by atoms with Crippen molar-refractivity contribution in [1.82, 2.24) is 14.8 Å². The monoisotopic (exact) mass is 447 g/mol. The quantitative estimate of drug-likeness (QED) is 0.246. The van der Waals surface area contributed by atoms with Crippen LogP contribution in [0.25, 0.3) is 17.1 Å². The summed E-state index contributed by atoms with van der Waals surface area (Å²) in [5.41, 5.74) is 1.52. The van der Waals surface area contributed by atoms with Crippen molar-refractivity contribution in [1.29, 1.82) is 0 Å². The predicted molar refractivity (Wildman–Crippen MR) is 121 cm³/mol. The number of amides is 1. The standard InChI is InChI=1S/C22H17N5O4S/c28-17-12-10-15(11-13-17)21-24-25-22(26(21)16-6-2-1-3-7-16)32-14-20(29)23-18-8-4-5-9-19(18)27(30)31/h1-13,28H,14H2,(H,23,29). The number of nitro groups is 1. The molecular weight excluding hydrogens is 430 g/mol. The number of aromatic nitrogens is 3. The summed E-state index contributed by atoms with van der Waals surface area (Å²) in [5, 5.41) is 32.3. The van der Waals surface area contributed by atoms with E-state index in [0.717, 1.165) is 23.0 Å². The fourth-order valence-corrected chi connectivity index (χ4v) is 3.78. The van der Waals surface area contributed by atoms with E-state index in [-0.39, 0.29) is 22.9 Å². The molecule has 160 valence electrons. The minimum absolute atomic E-state index is 0.0212. The number of para-hydroxylation sites is 3. The lowest BCUT2D eigenvalue weighted by atomic mass is 10.2. The van der Waals surface area contributed by atoms with Gasteiger partial charge in [-0.15, -0.1) is 10.2 Å². The highest BCUT2D eigenvalue weighted by Crippen LogP contribution is 2.29. The number of aromatic hydroxyl groups is 1. The predicted octanol–water partition coefficient (Wildman–Crippen LogP) is 4.28. The number of phenols is 1. The smallest absolute Gasteiger partial charge is 0.292 e. The average Bonchev–Trinajstić information content (AvgIpc) is 3.23. The second-order valence-corrected chi connectivity index (χ2v) is 7.58. The molecule has 1 aromatic heterocycles. The van der Waals surface area contributed by atoms with Crippen LogP contribution in [-0.4, -0.2) is 36.5 Å². The molecule has 10 heteroatoms. The Morgan fingerprint density at radius 1 is 1.00 bits per heavy atom. The molecule has 0 saturated carbocycles. The second kappa shape index (κ2) is 9.31. The molecule has 9 nitrogen and oxygen atoms in total. The van der Waals surface area contributed by atoms with Crippen molar-refractivity contribution < 1.29 is 14.8 Å². The third-order valence-corrected chi connectivity index (χ3v) is 5.41. The van der Waals surface area contributed by atoms with E-state index in [0.29, 0.717) is 11.0 Å². The molecule has 0 fully saturated rings. The van der Waals surface area contributed by atoms with Gasteiger partial charge in [-0.25, -0.2) is 0 Å². The van der Waals surface area contributed by atoms with E-state index in [9.17, 15) is 20.0 Å². The Balaban J connectivity index is 1.58. The molecule has 3 aromatic carbocycles. The first-order chi connectivity index (χ1) is 15.5. The van der Waals surface area contributed by atoms with Gasteiger partial charge >= 0.3 is 0 Å². The third-order valence-electron chi connectivity index (χ3n) is 4.48. The minimum Gasteiger partial charge on any atom is -0.508 e. The maximum Gasteiger partial charge on any atom is 0.292 e. The first-order valence-electron chi connectivity index (χ1n) is 9.49. The number of hydrogen-bond acceptors (Lipinski definition) is 7. The number of nitrogens with one attached hydrogen (secondary N) is 1. The number of hydrogen-bond donors (Lipinski definition) is 2. The molecule has 4 aromatic rings. The van der Waals surface area contributed by atoms with Crippen molar-refractivity contribution in [2.45, 2.75) is 5.16 Å². The molecule has 0 atom stereocenters. The number of anilines is 1. The van der Waals surface area contributed by atoms with Gasteiger partial charge in [-0.05, 0) is 42.5 Å². The zero-order chi connectivity index (χ0) is 22.5. The molecule has 0 spiro atoms. The topological polar surface area (TPSA) is 123 Å². The van der Waals surface area contributed by atoms with Gasteiger partial charge in [0.1, 0.15) is 11.4 Å². The normalized spacial score (nSPS) is 10.6. The van der Waals surface area contributed by atoms with Crippen LogP contribution >= 0.6 is 11.8 Å². The van der Waals surface area contributed by atoms with E-state index < -0.39 is 10.8 Å². The van der Waals surface area contributed by atoms with E-state index in [1.807, 2.05) is 34.9 Å². The van der Waals surface area contributed by atoms with Crippen molar-refractivity contribution in [2.24, 2.45) is 0 Å². The number of nitro benzene ring substituents is 1. The van der Waals surface area contributed by atoms with Crippen molar-refractivity contribution >= 4 is 29.0 Å². The zero-order valence-electron chi connectivity index (χ0n) is 16.6. The average molecular weight is 447 g/mol. The van der Waals surface area contributed by atoms with Gasteiger partial charge in [-0.2, -0.15) is 0 Å². The second-order valence-electron chi connectivity index (χ2n) is 6.64. The minimum atomic E-state index is -0.543. The zero-order valence-corrected chi connectivity index (χ0v) is 17.4. The van der Waals surface area contributed by atoms with Gasteiger partial charge in [0.05, 0.1) is 10.7 Å². The van der Waals surface area contributed by atoms with Gasteiger partial charge < -0.3 is 10.4 Å². The molecule has 0 saturated heterocycles. The van der Waals surface area contributed by atoms with E-state index >= 15 is 0 Å². The lowest BCUT2D eigenvalue weighted by molar-refractivity contribution is -0.383. The molecule has 1 amide bonds. The summed E-state index contributed by atoms with van der Waals surface area (Å²) in [6.07, 6.45) is 0. The molecule has 2 N–H and O–H groups in total. The van der Waals surface area contributed by atoms with Crippen LogP contribution in [0, 0.1) is 10.1 Å². The molecule has 1 heterocycles. The SMILES string of the molecule is O=C(CSc1nnc(-c2ccc(O)cc2)n1-c1ccccc1)Nc1ccccc1[N+](=O)[O-]. The summed E-state index contributed by atoms with van der Waals surface area (Å²) in [6.45, 7) is 0. The number of thioether (sulfide) groups is 1. The summed E-state index contributed by atoms with van der Waals surface area (Å²) in [7, 11) is 0. The number of phenolic OH excluding ortho intramolecular Hbond substituents is 1. The summed E-state index contributed by atoms with van der Waals surface area (Å²) in [4.78, 5) is 23.1. The van der Waals surface area contributed by atoms with E-state index in [2.05, 4.69) is 15.5 Å². The Labute approximate surface area is 186 Å². The number of benzene rings is 3. The van der Waals surface area contributed by atoms with Gasteiger partial charge in [0.25, 0.3) is 5.69 Å². The maximum absolute atomic E-state index is 12.5. The van der Waals surface area contributed by atoms with E-state index in [1.165, 1.54) is 18.2 Å². The molecule has 0 unspecified atom stereocenters. The Bertz CT molecular complexity index is 1260. The van der Waals surface area contributed by atoms with Crippen LogP contribution in [0.15, 0.2) is 84.0 Å². The van der Waals surface area contributed by atoms with E-state index in [4.69, 9.17) is 0 Å². The third kappa shape index (κ3) is 4.60. The van der Waals surface area contributed by atoms with Crippen LogP contribution in [0.4, 0.5) is 11.4 Å². The highest BCUT2D eigenvalue weighted by molar-refractivity contribution is 7.99. The lowest BCUT2D eigenvalue weighted by Crippen LogP contribution is -2.15. The van der Waals surface area contributed by atoms with E-state index in [1.54, 1.807) is 30.3 Å². The van der Waals surface area contributed by atoms with Gasteiger partial charge in [0, 0.05) is 17.3 Å². The van der Waals surface area contributed by atoms with Gasteiger partial charge in [-0.3, -0.25) is 19.5 Å². The molecule has 0 aliphatic rings. The fraction of sp³-hybridized carbons (Fsp3) is 0.0455. The molecule has 32 heavy (non-hydrogen) atoms. The maximum atomic E-state index is 12.5. The largest absolute Gasteiger partial charge is 0.508 e. The highest BCUT2D eigenvalue weighted by atomic mass is 32.2. The Kier molecular flexibility index (Phi) is 6.13. The van der Waals surface area contributed by atoms with Crippen molar-refractivity contribution in [3.8, 4) is 22.8 Å². The van der Waals surface area contributed by atoms with Crippen molar-refractivity contribution in [3.63, 3.8) is 0 Å². The summed E-state index contributed by atoms with van der Waals surface area (Å²) >= 11 is 1.16. The number of nitrogens with zero attached hydrogens (tertiary/aromatic N) is 4. The number of rotatable bonds is 7. The van der Waals surface area contributed by atoms with Crippen LogP contribution in [0.2, 0.25) is 0 Å². The first-order valence-corrected chi connectivity index (χ1v) is 10.5. The Morgan fingerprint density at radius 2 is 1.69 bits per heavy atom. The lowest BCUT2D eigenvalue weighted by Gasteiger charge is -2.10. The molecular formula is C22H17N5O4S. The van der Waals surface area contributed by atoms with Crippen LogP contribution in [0.1, 0.15) is 0 Å². The molecule has 0 radical (unpaired) electrons. The highest BCUT2D eigenvalue weighted by Gasteiger charge is 2.19. The molecule has 4 rings (SSSR count). The van der Waals surface area contributed by atoms with Gasteiger partial charge in [0.15, 0.2) is 11.0 Å². The number of carbonyl (C=O) groups is 1. The Hall–Kier alpha value is -4.18. The van der Waals surface area contributed by atoms with Gasteiger partial charge in [-0.1, -0.05) is 42.1 Å². The summed E-state index contributed by atoms with van der Waals surface area (Å²) < 4.78 is 1.81. The van der Waals surface area contributed by atoms with Crippen molar-refractivity contribution in [2.75, 3.05) is 11.1 Å². The summed E-state index contributed by atoms with van der Waals surface area (Å²) in [5.74, 6) is 0.267. The summed E-state index contributed by atoms with van der Waals surface area (Å²) in [6, 6.07) is 22.0.